The largest absolute Gasteiger partial charge is 0.370 e. The molecule has 126 valence electrons. The fraction of sp³-hybridized carbons (Fsp3) is 0.368. The third-order valence-electron chi connectivity index (χ3n) is 4.52. The average molecular weight is 324 g/mol. The van der Waals surface area contributed by atoms with Crippen LogP contribution in [0.25, 0.3) is 0 Å². The number of nitrogens with one attached hydrogen (secondary N) is 1. The molecule has 1 heterocycles. The first kappa shape index (κ1) is 16.3. The Bertz CT molecular complexity index is 807. The van der Waals surface area contributed by atoms with Crippen molar-refractivity contribution in [2.24, 2.45) is 10.7 Å². The lowest BCUT2D eigenvalue weighted by atomic mass is 9.90. The molecule has 5 heteroatoms. The van der Waals surface area contributed by atoms with Gasteiger partial charge in [0.1, 0.15) is 0 Å². The summed E-state index contributed by atoms with van der Waals surface area (Å²) >= 11 is 0. The van der Waals surface area contributed by atoms with E-state index in [1.165, 1.54) is 24.0 Å². The van der Waals surface area contributed by atoms with Crippen molar-refractivity contribution >= 4 is 11.6 Å². The van der Waals surface area contributed by atoms with Crippen molar-refractivity contribution < 1.29 is 0 Å². The van der Waals surface area contributed by atoms with Crippen molar-refractivity contribution in [3.63, 3.8) is 0 Å². The monoisotopic (exact) mass is 324 g/mol. The molecule has 3 rings (SSSR count). The van der Waals surface area contributed by atoms with E-state index < -0.39 is 0 Å². The van der Waals surface area contributed by atoms with E-state index in [0.717, 1.165) is 18.5 Å². The lowest BCUT2D eigenvalue weighted by Crippen LogP contribution is -2.26. The summed E-state index contributed by atoms with van der Waals surface area (Å²) in [5, 5.41) is 3.21. The molecule has 0 atom stereocenters. The first-order chi connectivity index (χ1) is 11.7. The molecular weight excluding hydrogens is 300 g/mol. The molecule has 2 aromatic rings. The number of benzene rings is 1. The van der Waals surface area contributed by atoms with Gasteiger partial charge in [0, 0.05) is 24.0 Å². The van der Waals surface area contributed by atoms with Crippen molar-refractivity contribution in [1.82, 2.24) is 4.57 Å². The van der Waals surface area contributed by atoms with Crippen LogP contribution in [-0.4, -0.2) is 10.5 Å². The van der Waals surface area contributed by atoms with Gasteiger partial charge in [-0.1, -0.05) is 18.2 Å². The fourth-order valence-electron chi connectivity index (χ4n) is 3.20. The summed E-state index contributed by atoms with van der Waals surface area (Å²) in [6.07, 6.45) is 6.45. The Balaban J connectivity index is 1.75. The number of anilines is 1. The predicted molar refractivity (Wildman–Crippen MR) is 98.4 cm³/mol. The van der Waals surface area contributed by atoms with Crippen LogP contribution in [-0.2, 0) is 25.9 Å². The third-order valence-corrected chi connectivity index (χ3v) is 4.52. The molecule has 0 amide bonds. The minimum absolute atomic E-state index is 0.00589. The second-order valence-corrected chi connectivity index (χ2v) is 6.10. The summed E-state index contributed by atoms with van der Waals surface area (Å²) in [4.78, 5) is 16.5. The Morgan fingerprint density at radius 2 is 2.08 bits per heavy atom. The summed E-state index contributed by atoms with van der Waals surface area (Å²) in [5.41, 5.74) is 10.5. The van der Waals surface area contributed by atoms with Crippen molar-refractivity contribution in [2.75, 3.05) is 5.32 Å². The number of aliphatic imine (C=N–C) groups is 1. The maximum atomic E-state index is 12.2. The molecular formula is C19H24N4O. The fourth-order valence-corrected chi connectivity index (χ4v) is 3.20. The molecule has 0 spiro atoms. The Hall–Kier alpha value is -2.56. The van der Waals surface area contributed by atoms with E-state index >= 15 is 0 Å². The van der Waals surface area contributed by atoms with Gasteiger partial charge in [-0.05, 0) is 55.9 Å². The van der Waals surface area contributed by atoms with Gasteiger partial charge in [0.15, 0.2) is 5.96 Å². The van der Waals surface area contributed by atoms with Crippen molar-refractivity contribution in [3.05, 3.63) is 63.6 Å². The van der Waals surface area contributed by atoms with E-state index in [9.17, 15) is 4.79 Å². The average Bonchev–Trinajstić information content (AvgIpc) is 2.61. The van der Waals surface area contributed by atoms with E-state index in [4.69, 9.17) is 5.73 Å². The van der Waals surface area contributed by atoms with Crippen molar-refractivity contribution in [2.45, 2.75) is 45.7 Å². The number of nitrogens with two attached hydrogens (primary N) is 1. The first-order valence-electron chi connectivity index (χ1n) is 8.55. The number of guanidine groups is 1. The zero-order chi connectivity index (χ0) is 16.9. The molecule has 1 aliphatic carbocycles. The Morgan fingerprint density at radius 1 is 1.25 bits per heavy atom. The highest BCUT2D eigenvalue weighted by Crippen LogP contribution is 2.27. The minimum Gasteiger partial charge on any atom is -0.370 e. The highest BCUT2D eigenvalue weighted by molar-refractivity contribution is 5.93. The molecule has 24 heavy (non-hydrogen) atoms. The smallest absolute Gasteiger partial charge is 0.255 e. The second-order valence-electron chi connectivity index (χ2n) is 6.10. The molecule has 0 fully saturated rings. The lowest BCUT2D eigenvalue weighted by molar-refractivity contribution is 0.687. The molecule has 0 radical (unpaired) electrons. The number of rotatable bonds is 4. The van der Waals surface area contributed by atoms with Crippen LogP contribution in [0.1, 0.15) is 36.5 Å². The van der Waals surface area contributed by atoms with Gasteiger partial charge in [0.25, 0.3) is 5.56 Å². The maximum absolute atomic E-state index is 12.2. The van der Waals surface area contributed by atoms with Crippen LogP contribution in [0.4, 0.5) is 5.69 Å². The van der Waals surface area contributed by atoms with Gasteiger partial charge in [0.05, 0.1) is 6.54 Å². The van der Waals surface area contributed by atoms with Gasteiger partial charge in [-0.3, -0.25) is 4.79 Å². The van der Waals surface area contributed by atoms with Gasteiger partial charge >= 0.3 is 0 Å². The van der Waals surface area contributed by atoms with E-state index in [1.54, 1.807) is 16.8 Å². The molecule has 1 aliphatic rings. The second kappa shape index (κ2) is 7.34. The highest BCUT2D eigenvalue weighted by atomic mass is 16.1. The number of nitrogens with zero attached hydrogens (tertiary/aromatic N) is 2. The topological polar surface area (TPSA) is 72.4 Å². The van der Waals surface area contributed by atoms with Crippen LogP contribution in [0.15, 0.2) is 46.3 Å². The number of fused-ring (bicyclic) bond motifs is 1. The summed E-state index contributed by atoms with van der Waals surface area (Å²) in [6.45, 7) is 2.89. The van der Waals surface area contributed by atoms with E-state index in [2.05, 4.69) is 22.4 Å². The van der Waals surface area contributed by atoms with E-state index in [-0.39, 0.29) is 12.1 Å². The van der Waals surface area contributed by atoms with Gasteiger partial charge in [-0.15, -0.1) is 0 Å². The number of pyridine rings is 1. The molecule has 0 saturated heterocycles. The zero-order valence-corrected chi connectivity index (χ0v) is 14.1. The molecule has 3 N–H and O–H groups in total. The highest BCUT2D eigenvalue weighted by Gasteiger charge is 2.13. The molecule has 1 aromatic carbocycles. The van der Waals surface area contributed by atoms with E-state index in [1.807, 2.05) is 19.1 Å². The quantitative estimate of drug-likeness (QED) is 0.671. The standard InChI is InChI=1S/C19H24N4O/c1-2-23-12-6-9-15(18(23)24)13-21-19(20)22-17-11-5-8-14-7-3-4-10-16(14)17/h5-6,8-9,11-12H,2-4,7,10,13H2,1H3,(H3,20,21,22). The van der Waals surface area contributed by atoms with Gasteiger partial charge in [-0.2, -0.15) is 0 Å². The van der Waals surface area contributed by atoms with Crippen molar-refractivity contribution in [1.29, 1.82) is 0 Å². The number of hydrogen-bond donors (Lipinski definition) is 2. The summed E-state index contributed by atoms with van der Waals surface area (Å²) in [5.74, 6) is 0.347. The Kier molecular flexibility index (Phi) is 4.99. The number of aromatic nitrogens is 1. The third kappa shape index (κ3) is 3.50. The SMILES string of the molecule is CCn1cccc(CN=C(N)Nc2cccc3c2CCCC3)c1=O. The van der Waals surface area contributed by atoms with Crippen LogP contribution in [0.2, 0.25) is 0 Å². The van der Waals surface area contributed by atoms with Crippen LogP contribution in [0.5, 0.6) is 0 Å². The minimum atomic E-state index is -0.00589. The zero-order valence-electron chi connectivity index (χ0n) is 14.1. The van der Waals surface area contributed by atoms with Gasteiger partial charge in [0.2, 0.25) is 0 Å². The summed E-state index contributed by atoms with van der Waals surface area (Å²) in [7, 11) is 0. The first-order valence-corrected chi connectivity index (χ1v) is 8.55. The number of hydrogen-bond acceptors (Lipinski definition) is 2. The van der Waals surface area contributed by atoms with Crippen LogP contribution in [0, 0.1) is 0 Å². The molecule has 5 nitrogen and oxygen atoms in total. The Morgan fingerprint density at radius 3 is 2.92 bits per heavy atom. The molecule has 0 saturated carbocycles. The molecule has 1 aromatic heterocycles. The lowest BCUT2D eigenvalue weighted by Gasteiger charge is -2.19. The van der Waals surface area contributed by atoms with Gasteiger partial charge < -0.3 is 15.6 Å². The number of aryl methyl sites for hydroxylation is 2. The Labute approximate surface area is 142 Å². The summed E-state index contributed by atoms with van der Waals surface area (Å²) < 4.78 is 1.67. The molecule has 0 unspecified atom stereocenters. The van der Waals surface area contributed by atoms with Crippen LogP contribution in [0.3, 0.4) is 0 Å². The molecule has 0 aliphatic heterocycles. The van der Waals surface area contributed by atoms with Crippen LogP contribution >= 0.6 is 0 Å². The predicted octanol–water partition coefficient (Wildman–Crippen LogP) is 2.67. The maximum Gasteiger partial charge on any atom is 0.255 e. The van der Waals surface area contributed by atoms with Crippen LogP contribution < -0.4 is 16.6 Å². The summed E-state index contributed by atoms with van der Waals surface area (Å²) in [6, 6.07) is 9.95. The van der Waals surface area contributed by atoms with Crippen molar-refractivity contribution in [3.8, 4) is 0 Å². The molecule has 0 bridgehead atoms. The van der Waals surface area contributed by atoms with Gasteiger partial charge in [-0.25, -0.2) is 4.99 Å². The van der Waals surface area contributed by atoms with E-state index in [0.29, 0.717) is 18.1 Å². The normalized spacial score (nSPS) is 14.3.